The number of amides is 4. The van der Waals surface area contributed by atoms with Crippen molar-refractivity contribution in [3.8, 4) is 0 Å². The van der Waals surface area contributed by atoms with Crippen molar-refractivity contribution >= 4 is 79.0 Å². The van der Waals surface area contributed by atoms with Gasteiger partial charge >= 0.3 is 0 Å². The lowest BCUT2D eigenvalue weighted by atomic mass is 9.65. The molecule has 4 aliphatic rings. The molecule has 2 aliphatic carbocycles. The minimum Gasteiger partial charge on any atom is -0.371 e. The van der Waals surface area contributed by atoms with Crippen LogP contribution in [0.2, 0.25) is 5.02 Å². The highest BCUT2D eigenvalue weighted by Crippen LogP contribution is 2.47. The van der Waals surface area contributed by atoms with Crippen molar-refractivity contribution in [3.63, 3.8) is 0 Å². The third-order valence-electron chi connectivity index (χ3n) is 14.1. The maximum absolute atomic E-state index is 15.2. The summed E-state index contributed by atoms with van der Waals surface area (Å²) in [5.41, 5.74) is 1.58. The van der Waals surface area contributed by atoms with Crippen molar-refractivity contribution in [1.29, 1.82) is 0 Å². The first-order chi connectivity index (χ1) is 32.1. The molecule has 1 spiro atoms. The van der Waals surface area contributed by atoms with Gasteiger partial charge in [0.15, 0.2) is 0 Å². The van der Waals surface area contributed by atoms with Crippen LogP contribution in [-0.2, 0) is 29.2 Å². The van der Waals surface area contributed by atoms with E-state index in [1.165, 1.54) is 12.3 Å². The van der Waals surface area contributed by atoms with Crippen LogP contribution in [0.15, 0.2) is 60.1 Å². The number of hydrogen-bond donors (Lipinski definition) is 4. The number of nitrogens with zero attached hydrogens (tertiary/aromatic N) is 7. The topological polar surface area (TPSA) is 212 Å². The molecule has 0 radical (unpaired) electrons. The first kappa shape index (κ1) is 47.9. The number of carbonyl (C=O) groups is 4. The Hall–Kier alpha value is -5.54. The Morgan fingerprint density at radius 2 is 1.69 bits per heavy atom. The maximum atomic E-state index is 15.2. The van der Waals surface area contributed by atoms with Gasteiger partial charge in [-0.2, -0.15) is 8.76 Å². The summed E-state index contributed by atoms with van der Waals surface area (Å²) in [6, 6.07) is 6.47. The van der Waals surface area contributed by atoms with E-state index in [0.29, 0.717) is 44.5 Å². The van der Waals surface area contributed by atoms with Gasteiger partial charge < -0.3 is 30.7 Å². The second-order valence-corrected chi connectivity index (χ2v) is 21.0. The van der Waals surface area contributed by atoms with E-state index in [1.807, 2.05) is 17.0 Å². The zero-order valence-corrected chi connectivity index (χ0v) is 39.6. The van der Waals surface area contributed by atoms with Gasteiger partial charge in [0.05, 0.1) is 40.2 Å². The molecule has 2 aliphatic heterocycles. The Morgan fingerprint density at radius 3 is 2.37 bits per heavy atom. The molecule has 4 aromatic rings. The summed E-state index contributed by atoms with van der Waals surface area (Å²) < 4.78 is 61.1. The van der Waals surface area contributed by atoms with Crippen molar-refractivity contribution in [2.45, 2.75) is 87.6 Å². The van der Waals surface area contributed by atoms with Gasteiger partial charge in [0, 0.05) is 101 Å². The number of benzene rings is 1. The van der Waals surface area contributed by atoms with Crippen LogP contribution in [0.3, 0.4) is 0 Å². The van der Waals surface area contributed by atoms with Crippen LogP contribution in [0.5, 0.6) is 0 Å². The normalized spacial score (nSPS) is 22.1. The number of sulfonamides is 1. The monoisotopic (exact) mass is 981 g/mol. The highest BCUT2D eigenvalue weighted by Gasteiger charge is 2.47. The quantitative estimate of drug-likeness (QED) is 0.106. The maximum Gasteiger partial charge on any atom is 0.266 e. The lowest BCUT2D eigenvalue weighted by Gasteiger charge is -2.46. The summed E-state index contributed by atoms with van der Waals surface area (Å²) in [6.07, 6.45) is 13.9. The fourth-order valence-electron chi connectivity index (χ4n) is 10.2. The molecule has 358 valence electrons. The molecule has 22 heteroatoms. The summed E-state index contributed by atoms with van der Waals surface area (Å²) in [6.45, 7) is 1.82. The SMILES string of the molecule is CN(CCNC(=O)C1CCC(NC(=O)C2CCC3(CC2)CCN(C(=O)[C@H]2CC(=O)N(C)[C@@H]2c2cccnc2)CC3)CC1)c1cc(F)ncc1Nc1cc(F)c(S(=O)(=O)Nc2ncns2)cc1Cl. The molecular formula is C45H54ClF2N11O6S2. The molecule has 17 nitrogen and oxygen atoms in total. The second kappa shape index (κ2) is 20.4. The van der Waals surface area contributed by atoms with Gasteiger partial charge in [-0.3, -0.25) is 28.9 Å². The predicted octanol–water partition coefficient (Wildman–Crippen LogP) is 6.05. The smallest absolute Gasteiger partial charge is 0.266 e. The Labute approximate surface area is 397 Å². The average molecular weight is 983 g/mol. The van der Waals surface area contributed by atoms with Gasteiger partial charge in [0.25, 0.3) is 10.0 Å². The van der Waals surface area contributed by atoms with Crippen molar-refractivity contribution in [2.24, 2.45) is 23.2 Å². The van der Waals surface area contributed by atoms with E-state index in [9.17, 15) is 32.0 Å². The van der Waals surface area contributed by atoms with Gasteiger partial charge in [-0.05, 0) is 87.3 Å². The minimum atomic E-state index is -4.37. The lowest BCUT2D eigenvalue weighted by Crippen LogP contribution is -2.48. The van der Waals surface area contributed by atoms with Crippen LogP contribution >= 0.6 is 23.1 Å². The summed E-state index contributed by atoms with van der Waals surface area (Å²) in [5.74, 6) is -2.60. The van der Waals surface area contributed by atoms with E-state index < -0.39 is 32.6 Å². The Morgan fingerprint density at radius 1 is 0.955 bits per heavy atom. The highest BCUT2D eigenvalue weighted by molar-refractivity contribution is 7.93. The molecule has 3 aromatic heterocycles. The summed E-state index contributed by atoms with van der Waals surface area (Å²) >= 11 is 7.18. The lowest BCUT2D eigenvalue weighted by molar-refractivity contribution is -0.139. The first-order valence-corrected chi connectivity index (χ1v) is 25.2. The largest absolute Gasteiger partial charge is 0.371 e. The number of piperidine rings is 1. The first-order valence-electron chi connectivity index (χ1n) is 22.5. The Bertz CT molecular complexity index is 2550. The van der Waals surface area contributed by atoms with Crippen molar-refractivity contribution < 1.29 is 36.4 Å². The van der Waals surface area contributed by atoms with Gasteiger partial charge in [-0.15, -0.1) is 0 Å². The van der Waals surface area contributed by atoms with E-state index in [1.54, 1.807) is 36.3 Å². The third-order valence-corrected chi connectivity index (χ3v) is 16.5. The Balaban J connectivity index is 0.754. The second-order valence-electron chi connectivity index (χ2n) is 18.2. The molecular weight excluding hydrogens is 928 g/mol. The van der Waals surface area contributed by atoms with Gasteiger partial charge in [0.1, 0.15) is 17.0 Å². The zero-order chi connectivity index (χ0) is 47.5. The standard InChI is InChI=1S/C45H54ClF2N11O6S2/c1-57(36-23-38(48)51-25-35(36)55-34-22-33(47)37(21-32(34)46)67(64,65)56-44-52-26-53-66-44)19-16-50-41(61)27-5-7-30(8-6-27)54-42(62)28-9-11-45(12-10-28)13-17-59(18-14-45)43(63)31-20-39(60)58(2)40(31)29-4-3-15-49-24-29/h3-4,15,21-28,30-31,40,55H,5-14,16-20H2,1-2H3,(H,50,61)(H,54,62)(H,52,53,56)/t27?,30?,31-,40+/m0/s1. The van der Waals surface area contributed by atoms with Crippen molar-refractivity contribution in [2.75, 3.05) is 55.2 Å². The van der Waals surface area contributed by atoms with Crippen LogP contribution < -0.4 is 25.6 Å². The number of hydrogen-bond acceptors (Lipinski definition) is 13. The molecule has 4 amide bonds. The van der Waals surface area contributed by atoms with Crippen LogP contribution in [0.4, 0.5) is 31.0 Å². The molecule has 2 saturated carbocycles. The summed E-state index contributed by atoms with van der Waals surface area (Å²) in [7, 11) is -0.928. The number of aromatic nitrogens is 4. The summed E-state index contributed by atoms with van der Waals surface area (Å²) in [4.78, 5) is 69.5. The number of carbonyl (C=O) groups excluding carboxylic acids is 4. The minimum absolute atomic E-state index is 0.00216. The predicted molar refractivity (Wildman–Crippen MR) is 248 cm³/mol. The number of rotatable bonds is 14. The highest BCUT2D eigenvalue weighted by atomic mass is 35.5. The van der Waals surface area contributed by atoms with E-state index in [2.05, 4.69) is 40.0 Å². The van der Waals surface area contributed by atoms with E-state index in [0.717, 1.165) is 74.1 Å². The van der Waals surface area contributed by atoms with Crippen LogP contribution in [0, 0.1) is 34.9 Å². The molecule has 0 unspecified atom stereocenters. The Kier molecular flexibility index (Phi) is 14.6. The molecule has 5 heterocycles. The molecule has 8 rings (SSSR count). The number of nitrogens with one attached hydrogen (secondary N) is 4. The summed E-state index contributed by atoms with van der Waals surface area (Å²) in [5, 5.41) is 9.00. The molecule has 2 atom stereocenters. The number of likely N-dealkylation sites (tertiary alicyclic amines) is 2. The fourth-order valence-corrected chi connectivity index (χ4v) is 12.2. The van der Waals surface area contributed by atoms with E-state index in [4.69, 9.17) is 11.6 Å². The average Bonchev–Trinajstić information content (AvgIpc) is 3.94. The van der Waals surface area contributed by atoms with Crippen LogP contribution in [0.1, 0.15) is 82.2 Å². The molecule has 4 N–H and O–H groups in total. The van der Waals surface area contributed by atoms with E-state index in [-0.39, 0.29) is 94.0 Å². The van der Waals surface area contributed by atoms with Crippen LogP contribution in [0.25, 0.3) is 0 Å². The number of likely N-dealkylation sites (N-methyl/N-ethyl adjacent to an activating group) is 1. The number of pyridine rings is 2. The van der Waals surface area contributed by atoms with Gasteiger partial charge in [-0.25, -0.2) is 22.8 Å². The molecule has 2 saturated heterocycles. The third kappa shape index (κ3) is 10.9. The number of anilines is 4. The van der Waals surface area contributed by atoms with Gasteiger partial charge in [0.2, 0.25) is 34.7 Å². The van der Waals surface area contributed by atoms with E-state index >= 15 is 4.39 Å². The molecule has 4 fully saturated rings. The fraction of sp³-hybridized carbons (Fsp3) is 0.511. The van der Waals surface area contributed by atoms with Crippen LogP contribution in [-0.4, -0.2) is 107 Å². The van der Waals surface area contributed by atoms with Crippen molar-refractivity contribution in [3.05, 3.63) is 77.6 Å². The zero-order valence-electron chi connectivity index (χ0n) is 37.2. The van der Waals surface area contributed by atoms with Crippen molar-refractivity contribution in [1.82, 2.24) is 39.8 Å². The molecule has 0 bridgehead atoms. The molecule has 1 aromatic carbocycles. The molecule has 67 heavy (non-hydrogen) atoms. The van der Waals surface area contributed by atoms with Gasteiger partial charge in [-0.1, -0.05) is 17.7 Å². The number of halogens is 3.